The van der Waals surface area contributed by atoms with Crippen molar-refractivity contribution in [1.82, 2.24) is 5.32 Å². The van der Waals surface area contributed by atoms with Crippen LogP contribution in [-0.2, 0) is 20.9 Å². The van der Waals surface area contributed by atoms with Gasteiger partial charge in [0.15, 0.2) is 0 Å². The zero-order chi connectivity index (χ0) is 25.8. The van der Waals surface area contributed by atoms with Crippen molar-refractivity contribution >= 4 is 58.8 Å². The number of urea groups is 1. The summed E-state index contributed by atoms with van der Waals surface area (Å²) in [4.78, 5) is 50.7. The highest BCUT2D eigenvalue weighted by molar-refractivity contribution is 6.39. The summed E-state index contributed by atoms with van der Waals surface area (Å²) in [6.45, 7) is 0.119. The van der Waals surface area contributed by atoms with E-state index < -0.39 is 23.8 Å². The highest BCUT2D eigenvalue weighted by Gasteiger charge is 2.37. The van der Waals surface area contributed by atoms with Crippen LogP contribution in [-0.4, -0.2) is 30.9 Å². The summed E-state index contributed by atoms with van der Waals surface area (Å²) >= 11 is 12.2. The van der Waals surface area contributed by atoms with Gasteiger partial charge >= 0.3 is 12.0 Å². The molecule has 1 N–H and O–H groups in total. The number of benzene rings is 3. The zero-order valence-corrected chi connectivity index (χ0v) is 20.3. The van der Waals surface area contributed by atoms with E-state index in [2.05, 4.69) is 10.1 Å². The quantitative estimate of drug-likeness (QED) is 0.275. The molecule has 0 aromatic heterocycles. The Morgan fingerprint density at radius 3 is 2.42 bits per heavy atom. The van der Waals surface area contributed by atoms with Crippen LogP contribution in [0.15, 0.2) is 72.3 Å². The van der Waals surface area contributed by atoms with Crippen LogP contribution in [0.4, 0.5) is 10.5 Å². The summed E-state index contributed by atoms with van der Waals surface area (Å²) in [5.41, 5.74) is 1.28. The second kappa shape index (κ2) is 10.6. The topological polar surface area (TPSA) is 102 Å². The molecule has 1 aliphatic heterocycles. The molecule has 1 aliphatic rings. The molecule has 0 atom stereocenters. The third kappa shape index (κ3) is 5.25. The predicted octanol–water partition coefficient (Wildman–Crippen LogP) is 5.03. The van der Waals surface area contributed by atoms with Crippen molar-refractivity contribution in [3.8, 4) is 5.75 Å². The molecule has 8 nitrogen and oxygen atoms in total. The molecule has 1 saturated heterocycles. The van der Waals surface area contributed by atoms with Crippen molar-refractivity contribution in [2.24, 2.45) is 0 Å². The molecule has 10 heteroatoms. The van der Waals surface area contributed by atoms with Gasteiger partial charge in [-0.15, -0.1) is 0 Å². The first-order valence-electron chi connectivity index (χ1n) is 10.5. The van der Waals surface area contributed by atoms with Crippen LogP contribution in [0.3, 0.4) is 0 Å². The predicted molar refractivity (Wildman–Crippen MR) is 134 cm³/mol. The first kappa shape index (κ1) is 25.0. The Morgan fingerprint density at radius 1 is 1.00 bits per heavy atom. The number of ether oxygens (including phenoxy) is 2. The monoisotopic (exact) mass is 524 g/mol. The van der Waals surface area contributed by atoms with E-state index in [0.29, 0.717) is 26.9 Å². The molecule has 3 aromatic carbocycles. The van der Waals surface area contributed by atoms with E-state index in [1.54, 1.807) is 42.5 Å². The minimum Gasteiger partial charge on any atom is -0.488 e. The van der Waals surface area contributed by atoms with Crippen molar-refractivity contribution in [1.29, 1.82) is 0 Å². The molecule has 4 rings (SSSR count). The van der Waals surface area contributed by atoms with Gasteiger partial charge in [-0.25, -0.2) is 14.5 Å². The largest absolute Gasteiger partial charge is 0.488 e. The summed E-state index contributed by atoms with van der Waals surface area (Å²) in [5.74, 6) is -1.85. The van der Waals surface area contributed by atoms with Crippen molar-refractivity contribution in [3.63, 3.8) is 0 Å². The molecule has 36 heavy (non-hydrogen) atoms. The Bertz CT molecular complexity index is 1400. The number of anilines is 1. The lowest BCUT2D eigenvalue weighted by Crippen LogP contribution is -2.54. The van der Waals surface area contributed by atoms with Crippen LogP contribution in [0.5, 0.6) is 5.75 Å². The zero-order valence-electron chi connectivity index (χ0n) is 18.8. The van der Waals surface area contributed by atoms with Gasteiger partial charge in [-0.05, 0) is 48.5 Å². The average molecular weight is 525 g/mol. The molecule has 0 saturated carbocycles. The third-order valence-corrected chi connectivity index (χ3v) is 5.85. The van der Waals surface area contributed by atoms with Crippen LogP contribution in [0.25, 0.3) is 6.08 Å². The van der Waals surface area contributed by atoms with Gasteiger partial charge in [-0.3, -0.25) is 14.9 Å². The minimum atomic E-state index is -0.908. The van der Waals surface area contributed by atoms with E-state index in [-0.39, 0.29) is 23.4 Å². The lowest BCUT2D eigenvalue weighted by Gasteiger charge is -2.26. The van der Waals surface area contributed by atoms with Crippen molar-refractivity contribution in [3.05, 3.63) is 99.0 Å². The highest BCUT2D eigenvalue weighted by Crippen LogP contribution is 2.28. The van der Waals surface area contributed by atoms with Gasteiger partial charge in [0.25, 0.3) is 11.8 Å². The summed E-state index contributed by atoms with van der Waals surface area (Å²) in [6.07, 6.45) is 1.35. The maximum absolute atomic E-state index is 13.2. The molecule has 3 aromatic rings. The summed E-state index contributed by atoms with van der Waals surface area (Å²) in [5, 5.41) is 3.10. The molecule has 182 valence electrons. The normalized spacial score (nSPS) is 14.6. The van der Waals surface area contributed by atoms with Gasteiger partial charge in [-0.1, -0.05) is 47.5 Å². The van der Waals surface area contributed by atoms with E-state index in [0.717, 1.165) is 4.90 Å². The van der Waals surface area contributed by atoms with Crippen molar-refractivity contribution in [2.75, 3.05) is 12.0 Å². The van der Waals surface area contributed by atoms with Gasteiger partial charge in [0, 0.05) is 21.2 Å². The number of methoxy groups -OCH3 is 1. The first-order chi connectivity index (χ1) is 17.3. The molecular weight excluding hydrogens is 507 g/mol. The number of nitrogens with zero attached hydrogens (tertiary/aromatic N) is 1. The average Bonchev–Trinajstić information content (AvgIpc) is 2.86. The first-order valence-corrected chi connectivity index (χ1v) is 11.3. The van der Waals surface area contributed by atoms with Gasteiger partial charge < -0.3 is 9.47 Å². The number of carbonyl (C=O) groups excluding carboxylic acids is 4. The number of esters is 1. The maximum atomic E-state index is 13.2. The second-order valence-electron chi connectivity index (χ2n) is 7.56. The van der Waals surface area contributed by atoms with E-state index in [9.17, 15) is 19.2 Å². The minimum absolute atomic E-state index is 0.119. The van der Waals surface area contributed by atoms with Gasteiger partial charge in [0.05, 0.1) is 18.4 Å². The fourth-order valence-electron chi connectivity index (χ4n) is 3.44. The van der Waals surface area contributed by atoms with Gasteiger partial charge in [-0.2, -0.15) is 0 Å². The Kier molecular flexibility index (Phi) is 7.38. The Hall–Kier alpha value is -4.14. The molecule has 4 amide bonds. The Morgan fingerprint density at radius 2 is 1.72 bits per heavy atom. The van der Waals surface area contributed by atoms with Gasteiger partial charge in [0.1, 0.15) is 17.9 Å². The van der Waals surface area contributed by atoms with Crippen LogP contribution >= 0.6 is 23.2 Å². The molecular formula is C26H18Cl2N2O6. The number of hydrogen-bond donors (Lipinski definition) is 1. The third-order valence-electron chi connectivity index (χ3n) is 5.27. The molecule has 0 radical (unpaired) electrons. The van der Waals surface area contributed by atoms with E-state index in [1.165, 1.54) is 37.5 Å². The van der Waals surface area contributed by atoms with Crippen molar-refractivity contribution < 1.29 is 28.7 Å². The van der Waals surface area contributed by atoms with E-state index in [4.69, 9.17) is 27.9 Å². The number of para-hydroxylation sites is 1. The molecule has 0 bridgehead atoms. The SMILES string of the molecule is COC(=O)c1ccc(N2C(=O)NC(=O)/C(=C\c3ccccc3OCc3ccc(Cl)cc3Cl)C2=O)cc1. The smallest absolute Gasteiger partial charge is 0.337 e. The number of carbonyl (C=O) groups is 4. The number of imide groups is 2. The second-order valence-corrected chi connectivity index (χ2v) is 8.40. The lowest BCUT2D eigenvalue weighted by atomic mass is 10.1. The number of nitrogens with one attached hydrogen (secondary N) is 1. The highest BCUT2D eigenvalue weighted by atomic mass is 35.5. The van der Waals surface area contributed by atoms with E-state index >= 15 is 0 Å². The molecule has 1 heterocycles. The lowest BCUT2D eigenvalue weighted by molar-refractivity contribution is -0.122. The Balaban J connectivity index is 1.62. The molecule has 0 aliphatic carbocycles. The summed E-state index contributed by atoms with van der Waals surface area (Å²) in [6, 6.07) is 16.5. The fourth-order valence-corrected chi connectivity index (χ4v) is 3.90. The Labute approximate surface area is 216 Å². The molecule has 0 spiro atoms. The van der Waals surface area contributed by atoms with Crippen LogP contribution in [0, 0.1) is 0 Å². The number of barbiturate groups is 1. The van der Waals surface area contributed by atoms with Crippen molar-refractivity contribution in [2.45, 2.75) is 6.61 Å². The summed E-state index contributed by atoms with van der Waals surface area (Å²) < 4.78 is 10.6. The molecule has 1 fully saturated rings. The van der Waals surface area contributed by atoms with Crippen LogP contribution < -0.4 is 15.0 Å². The number of rotatable bonds is 6. The number of amides is 4. The maximum Gasteiger partial charge on any atom is 0.337 e. The standard InChI is InChI=1S/C26H18Cl2N2O6/c1-35-25(33)15-7-10-19(11-8-15)30-24(32)20(23(31)29-26(30)34)12-16-4-2-3-5-22(16)36-14-17-6-9-18(27)13-21(17)28/h2-13H,14H2,1H3,(H,29,31,34)/b20-12+. The van der Waals surface area contributed by atoms with Crippen LogP contribution in [0.1, 0.15) is 21.5 Å². The fraction of sp³-hybridized carbons (Fsp3) is 0.0769. The summed E-state index contributed by atoms with van der Waals surface area (Å²) in [7, 11) is 1.24. The molecule has 0 unspecified atom stereocenters. The number of halogens is 2. The number of hydrogen-bond acceptors (Lipinski definition) is 6. The van der Waals surface area contributed by atoms with E-state index in [1.807, 2.05) is 0 Å². The van der Waals surface area contributed by atoms with Gasteiger partial charge in [0.2, 0.25) is 0 Å². The van der Waals surface area contributed by atoms with Crippen LogP contribution in [0.2, 0.25) is 10.0 Å².